The Bertz CT molecular complexity index is 1050. The molecule has 0 aliphatic carbocycles. The number of aryl methyl sites for hydroxylation is 2. The van der Waals surface area contributed by atoms with E-state index in [-0.39, 0.29) is 10.4 Å². The molecule has 2 aromatic carbocycles. The minimum absolute atomic E-state index is 0.149. The molecule has 7 nitrogen and oxygen atoms in total. The van der Waals surface area contributed by atoms with Gasteiger partial charge in [0.2, 0.25) is 10.0 Å². The van der Waals surface area contributed by atoms with Crippen molar-refractivity contribution in [3.63, 3.8) is 0 Å². The Morgan fingerprint density at radius 1 is 0.962 bits per heavy atom. The smallest absolute Gasteiger partial charge is 0.245 e. The molecule has 0 N–H and O–H groups in total. The summed E-state index contributed by atoms with van der Waals surface area (Å²) in [6, 6.07) is 11.2. The third kappa shape index (κ3) is 2.85. The first-order valence-corrected chi connectivity index (χ1v) is 9.94. The Labute approximate surface area is 152 Å². The molecule has 0 amide bonds. The van der Waals surface area contributed by atoms with Gasteiger partial charge in [-0.1, -0.05) is 12.1 Å². The largest absolute Gasteiger partial charge is 0.369 e. The minimum Gasteiger partial charge on any atom is -0.369 e. The predicted octanol–water partition coefficient (Wildman–Crippen LogP) is 2.35. The highest BCUT2D eigenvalue weighted by atomic mass is 32.2. The first-order chi connectivity index (χ1) is 12.5. The number of sulfonamides is 1. The molecule has 0 atom stereocenters. The van der Waals surface area contributed by atoms with Crippen LogP contribution in [0.25, 0.3) is 11.0 Å². The standard InChI is InChI=1S/C18H20N4O3S/c1-13-6-7-15(12-14(13)2)21-8-10-22(11-9-21)26(23,24)17-5-3-4-16-18(17)20-25-19-16/h3-7,12H,8-11H2,1-2H3. The van der Waals surface area contributed by atoms with Gasteiger partial charge in [0, 0.05) is 31.9 Å². The second-order valence-electron chi connectivity index (χ2n) is 6.55. The number of hydrogen-bond donors (Lipinski definition) is 0. The van der Waals surface area contributed by atoms with Gasteiger partial charge < -0.3 is 4.90 Å². The minimum atomic E-state index is -3.63. The monoisotopic (exact) mass is 372 g/mol. The van der Waals surface area contributed by atoms with E-state index in [1.807, 2.05) is 0 Å². The summed E-state index contributed by atoms with van der Waals surface area (Å²) in [5.41, 5.74) is 4.35. The molecule has 1 saturated heterocycles. The fraction of sp³-hybridized carbons (Fsp3) is 0.333. The molecule has 2 heterocycles. The van der Waals surface area contributed by atoms with Crippen molar-refractivity contribution in [2.45, 2.75) is 18.7 Å². The Balaban J connectivity index is 1.55. The number of nitrogens with zero attached hydrogens (tertiary/aromatic N) is 4. The van der Waals surface area contributed by atoms with E-state index in [4.69, 9.17) is 4.63 Å². The Morgan fingerprint density at radius 3 is 2.46 bits per heavy atom. The molecule has 8 heteroatoms. The lowest BCUT2D eigenvalue weighted by atomic mass is 10.1. The molecule has 1 aromatic heterocycles. The van der Waals surface area contributed by atoms with Gasteiger partial charge in [0.25, 0.3) is 0 Å². The Morgan fingerprint density at radius 2 is 1.73 bits per heavy atom. The van der Waals surface area contributed by atoms with Gasteiger partial charge in [-0.25, -0.2) is 13.0 Å². The summed E-state index contributed by atoms with van der Waals surface area (Å²) in [5.74, 6) is 0. The van der Waals surface area contributed by atoms with Gasteiger partial charge in [0.1, 0.15) is 10.4 Å². The summed E-state index contributed by atoms with van der Waals surface area (Å²) >= 11 is 0. The van der Waals surface area contributed by atoms with Gasteiger partial charge in [0.15, 0.2) is 5.52 Å². The van der Waals surface area contributed by atoms with Crippen LogP contribution in [0.5, 0.6) is 0 Å². The van der Waals surface area contributed by atoms with Gasteiger partial charge in [-0.2, -0.15) is 4.31 Å². The first kappa shape index (κ1) is 17.0. The van der Waals surface area contributed by atoms with Crippen LogP contribution in [0, 0.1) is 13.8 Å². The number of piperazine rings is 1. The first-order valence-electron chi connectivity index (χ1n) is 8.50. The summed E-state index contributed by atoms with van der Waals surface area (Å²) in [6.45, 7) is 6.33. The number of benzene rings is 2. The van der Waals surface area contributed by atoms with Crippen LogP contribution in [0.15, 0.2) is 45.9 Å². The van der Waals surface area contributed by atoms with E-state index >= 15 is 0 Å². The van der Waals surface area contributed by atoms with E-state index in [0.717, 1.165) is 5.69 Å². The highest BCUT2D eigenvalue weighted by molar-refractivity contribution is 7.89. The fourth-order valence-electron chi connectivity index (χ4n) is 3.24. The highest BCUT2D eigenvalue weighted by Crippen LogP contribution is 2.26. The average Bonchev–Trinajstić information content (AvgIpc) is 3.12. The van der Waals surface area contributed by atoms with E-state index in [2.05, 4.69) is 47.3 Å². The lowest BCUT2D eigenvalue weighted by Gasteiger charge is -2.35. The van der Waals surface area contributed by atoms with Gasteiger partial charge in [0.05, 0.1) is 0 Å². The summed E-state index contributed by atoms with van der Waals surface area (Å²) < 4.78 is 32.3. The molecule has 0 saturated carbocycles. The fourth-order valence-corrected chi connectivity index (χ4v) is 4.80. The van der Waals surface area contributed by atoms with Gasteiger partial charge in [-0.15, -0.1) is 0 Å². The van der Waals surface area contributed by atoms with Gasteiger partial charge in [-0.3, -0.25) is 0 Å². The molecule has 4 rings (SSSR count). The Kier molecular flexibility index (Phi) is 4.16. The van der Waals surface area contributed by atoms with Crippen LogP contribution in [0.1, 0.15) is 11.1 Å². The molecule has 0 spiro atoms. The lowest BCUT2D eigenvalue weighted by Crippen LogP contribution is -2.48. The zero-order chi connectivity index (χ0) is 18.3. The summed E-state index contributed by atoms with van der Waals surface area (Å²) in [5, 5.41) is 7.49. The van der Waals surface area contributed by atoms with Crippen LogP contribution in [0.2, 0.25) is 0 Å². The average molecular weight is 372 g/mol. The number of aromatic nitrogens is 2. The third-order valence-corrected chi connectivity index (χ3v) is 6.89. The van der Waals surface area contributed by atoms with Crippen molar-refractivity contribution in [2.24, 2.45) is 0 Å². The third-order valence-electron chi connectivity index (χ3n) is 4.96. The van der Waals surface area contributed by atoms with Crippen molar-refractivity contribution in [3.05, 3.63) is 47.5 Å². The maximum Gasteiger partial charge on any atom is 0.245 e. The zero-order valence-corrected chi connectivity index (χ0v) is 15.5. The lowest BCUT2D eigenvalue weighted by molar-refractivity contribution is 0.315. The van der Waals surface area contributed by atoms with Crippen molar-refractivity contribution < 1.29 is 13.0 Å². The second kappa shape index (κ2) is 6.37. The maximum absolute atomic E-state index is 13.0. The van der Waals surface area contributed by atoms with Crippen molar-refractivity contribution in [1.82, 2.24) is 14.6 Å². The van der Waals surface area contributed by atoms with E-state index in [0.29, 0.717) is 31.7 Å². The van der Waals surface area contributed by atoms with Gasteiger partial charge in [-0.05, 0) is 59.6 Å². The van der Waals surface area contributed by atoms with Crippen LogP contribution >= 0.6 is 0 Å². The molecule has 136 valence electrons. The number of anilines is 1. The van der Waals surface area contributed by atoms with Crippen molar-refractivity contribution in [3.8, 4) is 0 Å². The predicted molar refractivity (Wildman–Crippen MR) is 98.7 cm³/mol. The number of rotatable bonds is 3. The number of hydrogen-bond acceptors (Lipinski definition) is 6. The normalized spacial score (nSPS) is 16.3. The molecular weight excluding hydrogens is 352 g/mol. The quantitative estimate of drug-likeness (QED) is 0.702. The molecule has 1 aliphatic heterocycles. The molecule has 3 aromatic rings. The van der Waals surface area contributed by atoms with Crippen molar-refractivity contribution in [1.29, 1.82) is 0 Å². The zero-order valence-electron chi connectivity index (χ0n) is 14.7. The van der Waals surface area contributed by atoms with Crippen molar-refractivity contribution in [2.75, 3.05) is 31.1 Å². The molecule has 0 unspecified atom stereocenters. The molecular formula is C18H20N4O3S. The van der Waals surface area contributed by atoms with Crippen LogP contribution < -0.4 is 4.90 Å². The Hall–Kier alpha value is -2.45. The van der Waals surface area contributed by atoms with Crippen LogP contribution in [0.4, 0.5) is 5.69 Å². The van der Waals surface area contributed by atoms with E-state index < -0.39 is 10.0 Å². The molecule has 0 bridgehead atoms. The summed E-state index contributed by atoms with van der Waals surface area (Å²) in [4.78, 5) is 2.37. The number of fused-ring (bicyclic) bond motifs is 1. The van der Waals surface area contributed by atoms with E-state index in [1.165, 1.54) is 15.4 Å². The van der Waals surface area contributed by atoms with Crippen LogP contribution in [-0.2, 0) is 10.0 Å². The second-order valence-corrected chi connectivity index (χ2v) is 8.45. The van der Waals surface area contributed by atoms with Crippen LogP contribution in [0.3, 0.4) is 0 Å². The summed E-state index contributed by atoms with van der Waals surface area (Å²) in [7, 11) is -3.63. The highest BCUT2D eigenvalue weighted by Gasteiger charge is 2.31. The van der Waals surface area contributed by atoms with Gasteiger partial charge >= 0.3 is 0 Å². The topological polar surface area (TPSA) is 79.5 Å². The molecule has 26 heavy (non-hydrogen) atoms. The molecule has 0 radical (unpaired) electrons. The maximum atomic E-state index is 13.0. The molecule has 1 fully saturated rings. The van der Waals surface area contributed by atoms with E-state index in [1.54, 1.807) is 18.2 Å². The van der Waals surface area contributed by atoms with Crippen LogP contribution in [-0.4, -0.2) is 49.2 Å². The van der Waals surface area contributed by atoms with Crippen molar-refractivity contribution >= 4 is 26.7 Å². The van der Waals surface area contributed by atoms with E-state index in [9.17, 15) is 8.42 Å². The summed E-state index contributed by atoms with van der Waals surface area (Å²) in [6.07, 6.45) is 0. The SMILES string of the molecule is Cc1ccc(N2CCN(S(=O)(=O)c3cccc4nonc34)CC2)cc1C. The molecule has 1 aliphatic rings.